The highest BCUT2D eigenvalue weighted by molar-refractivity contribution is 5.82. The molecule has 3 nitrogen and oxygen atoms in total. The summed E-state index contributed by atoms with van der Waals surface area (Å²) in [6, 6.07) is 14.6. The van der Waals surface area contributed by atoms with Crippen LogP contribution in [0.3, 0.4) is 0 Å². The summed E-state index contributed by atoms with van der Waals surface area (Å²) in [6.07, 6.45) is -9.17. The maximum absolute atomic E-state index is 14.3. The SMILES string of the molecule is O=Cc1ccc2c(c1C(c1ccccc1)C(F)(F)F)CN(C(c1ccccc1)C(F)(F)F)N2. The van der Waals surface area contributed by atoms with Gasteiger partial charge in [0.25, 0.3) is 0 Å². The van der Waals surface area contributed by atoms with E-state index in [0.29, 0.717) is 6.29 Å². The number of carbonyl (C=O) groups excluding carboxylic acids is 1. The first kappa shape index (κ1) is 22.8. The molecule has 0 fully saturated rings. The van der Waals surface area contributed by atoms with Crippen LogP contribution in [0.4, 0.5) is 32.0 Å². The van der Waals surface area contributed by atoms with Crippen LogP contribution in [-0.4, -0.2) is 23.6 Å². The summed E-state index contributed by atoms with van der Waals surface area (Å²) in [4.78, 5) is 11.7. The van der Waals surface area contributed by atoms with Gasteiger partial charge in [0, 0.05) is 12.1 Å². The summed E-state index contributed by atoms with van der Waals surface area (Å²) < 4.78 is 84.8. The molecule has 2 unspecified atom stereocenters. The van der Waals surface area contributed by atoms with Crippen molar-refractivity contribution in [3.8, 4) is 0 Å². The Kier molecular flexibility index (Phi) is 5.92. The fourth-order valence-corrected chi connectivity index (χ4v) is 4.27. The fourth-order valence-electron chi connectivity index (χ4n) is 4.27. The van der Waals surface area contributed by atoms with Crippen molar-refractivity contribution in [1.82, 2.24) is 5.01 Å². The van der Waals surface area contributed by atoms with Crippen LogP contribution in [-0.2, 0) is 6.54 Å². The van der Waals surface area contributed by atoms with Crippen LogP contribution < -0.4 is 5.43 Å². The van der Waals surface area contributed by atoms with E-state index < -0.39 is 30.9 Å². The Morgan fingerprint density at radius 1 is 0.788 bits per heavy atom. The highest BCUT2D eigenvalue weighted by Crippen LogP contribution is 2.48. The fraction of sp³-hybridized carbons (Fsp3) is 0.208. The van der Waals surface area contributed by atoms with E-state index in [1.165, 1.54) is 60.7 Å². The highest BCUT2D eigenvalue weighted by atomic mass is 19.4. The van der Waals surface area contributed by atoms with Crippen LogP contribution in [0.2, 0.25) is 0 Å². The first-order chi connectivity index (χ1) is 15.6. The minimum atomic E-state index is -4.77. The predicted molar refractivity (Wildman–Crippen MR) is 111 cm³/mol. The van der Waals surface area contributed by atoms with Crippen LogP contribution in [0.1, 0.15) is 44.6 Å². The molecule has 3 aromatic rings. The highest BCUT2D eigenvalue weighted by Gasteiger charge is 2.49. The number of aldehydes is 1. The molecule has 0 saturated carbocycles. The monoisotopic (exact) mass is 464 g/mol. The van der Waals surface area contributed by atoms with Crippen LogP contribution in [0.25, 0.3) is 0 Å². The van der Waals surface area contributed by atoms with E-state index in [1.54, 1.807) is 12.1 Å². The second-order valence-electron chi connectivity index (χ2n) is 7.69. The molecule has 9 heteroatoms. The van der Waals surface area contributed by atoms with E-state index in [1.807, 2.05) is 0 Å². The van der Waals surface area contributed by atoms with E-state index in [9.17, 15) is 31.1 Å². The van der Waals surface area contributed by atoms with Gasteiger partial charge in [0.05, 0.1) is 5.69 Å². The molecule has 0 spiro atoms. The largest absolute Gasteiger partial charge is 0.409 e. The first-order valence-electron chi connectivity index (χ1n) is 9.99. The van der Waals surface area contributed by atoms with Gasteiger partial charge in [-0.2, -0.15) is 26.3 Å². The molecule has 172 valence electrons. The molecule has 0 amide bonds. The molecular formula is C24H18F6N2O. The number of halogens is 6. The van der Waals surface area contributed by atoms with Crippen molar-refractivity contribution in [3.05, 3.63) is 101 Å². The number of rotatable bonds is 5. The lowest BCUT2D eigenvalue weighted by Crippen LogP contribution is -2.38. The normalized spacial score (nSPS) is 16.1. The third-order valence-electron chi connectivity index (χ3n) is 5.60. The zero-order valence-electron chi connectivity index (χ0n) is 17.0. The van der Waals surface area contributed by atoms with Crippen molar-refractivity contribution in [1.29, 1.82) is 0 Å². The van der Waals surface area contributed by atoms with Crippen molar-refractivity contribution in [2.24, 2.45) is 0 Å². The minimum Gasteiger partial charge on any atom is -0.317 e. The zero-order chi connectivity index (χ0) is 23.8. The summed E-state index contributed by atoms with van der Waals surface area (Å²) in [5.74, 6) is -2.17. The Morgan fingerprint density at radius 2 is 1.36 bits per heavy atom. The average Bonchev–Trinajstić information content (AvgIpc) is 3.17. The summed E-state index contributed by atoms with van der Waals surface area (Å²) in [5, 5.41) is 0.858. The Labute approximate surface area is 185 Å². The second kappa shape index (κ2) is 8.55. The lowest BCUT2D eigenvalue weighted by Gasteiger charge is -2.30. The smallest absolute Gasteiger partial charge is 0.317 e. The van der Waals surface area contributed by atoms with Gasteiger partial charge in [-0.15, -0.1) is 0 Å². The molecule has 0 aromatic heterocycles. The van der Waals surface area contributed by atoms with Gasteiger partial charge in [0.15, 0.2) is 0 Å². The molecule has 0 aliphatic carbocycles. The van der Waals surface area contributed by atoms with Gasteiger partial charge in [0.1, 0.15) is 18.2 Å². The number of alkyl halides is 6. The van der Waals surface area contributed by atoms with E-state index in [4.69, 9.17) is 0 Å². The maximum Gasteiger partial charge on any atom is 0.409 e. The molecule has 33 heavy (non-hydrogen) atoms. The topological polar surface area (TPSA) is 32.3 Å². The van der Waals surface area contributed by atoms with Crippen LogP contribution in [0.15, 0.2) is 72.8 Å². The molecule has 1 heterocycles. The molecule has 0 bridgehead atoms. The maximum atomic E-state index is 14.3. The molecule has 0 radical (unpaired) electrons. The standard InChI is InChI=1S/C24H18F6N2O/c25-23(26,27)21(15-7-3-1-4-8-15)20-17(14-33)11-12-19-18(20)13-32(31-19)22(24(28,29)30)16-9-5-2-6-10-16/h1-12,14,21-22,31H,13H2. The Morgan fingerprint density at radius 3 is 1.88 bits per heavy atom. The minimum absolute atomic E-state index is 0.0101. The number of nitrogens with zero attached hydrogens (tertiary/aromatic N) is 1. The number of hydrogen-bond donors (Lipinski definition) is 1. The molecule has 1 aliphatic rings. The van der Waals surface area contributed by atoms with Crippen LogP contribution in [0, 0.1) is 0 Å². The van der Waals surface area contributed by atoms with E-state index in [-0.39, 0.29) is 33.5 Å². The number of nitrogens with one attached hydrogen (secondary N) is 1. The van der Waals surface area contributed by atoms with E-state index >= 15 is 0 Å². The van der Waals surface area contributed by atoms with E-state index in [2.05, 4.69) is 5.43 Å². The molecule has 3 aromatic carbocycles. The van der Waals surface area contributed by atoms with Crippen molar-refractivity contribution in [2.45, 2.75) is 30.9 Å². The zero-order valence-corrected chi connectivity index (χ0v) is 17.0. The summed E-state index contributed by atoms with van der Waals surface area (Å²) >= 11 is 0. The lowest BCUT2D eigenvalue weighted by molar-refractivity contribution is -0.183. The van der Waals surface area contributed by atoms with Crippen molar-refractivity contribution in [3.63, 3.8) is 0 Å². The quantitative estimate of drug-likeness (QED) is 0.339. The first-order valence-corrected chi connectivity index (χ1v) is 9.99. The average molecular weight is 464 g/mol. The molecule has 4 rings (SSSR count). The molecule has 1 aliphatic heterocycles. The van der Waals surface area contributed by atoms with Gasteiger partial charge in [-0.25, -0.2) is 5.01 Å². The number of fused-ring (bicyclic) bond motifs is 1. The van der Waals surface area contributed by atoms with Crippen molar-refractivity contribution >= 4 is 12.0 Å². The Balaban J connectivity index is 1.84. The number of anilines is 1. The second-order valence-corrected chi connectivity index (χ2v) is 7.69. The molecule has 0 saturated heterocycles. The Hall–Kier alpha value is -3.33. The summed E-state index contributed by atoms with van der Waals surface area (Å²) in [6.45, 7) is -0.467. The van der Waals surface area contributed by atoms with Gasteiger partial charge in [-0.1, -0.05) is 60.7 Å². The van der Waals surface area contributed by atoms with Crippen molar-refractivity contribution < 1.29 is 31.1 Å². The number of hydrogen-bond acceptors (Lipinski definition) is 3. The number of carbonyl (C=O) groups is 1. The van der Waals surface area contributed by atoms with Gasteiger partial charge in [-0.05, 0) is 34.4 Å². The van der Waals surface area contributed by atoms with E-state index in [0.717, 1.165) is 5.01 Å². The Bertz CT molecular complexity index is 1130. The predicted octanol–water partition coefficient (Wildman–Crippen LogP) is 6.64. The lowest BCUT2D eigenvalue weighted by atomic mass is 9.84. The molecular weight excluding hydrogens is 446 g/mol. The third-order valence-corrected chi connectivity index (χ3v) is 5.60. The van der Waals surface area contributed by atoms with Gasteiger partial charge in [0.2, 0.25) is 0 Å². The molecule has 1 N–H and O–H groups in total. The molecule has 2 atom stereocenters. The van der Waals surface area contributed by atoms with Gasteiger partial charge >= 0.3 is 12.4 Å². The third kappa shape index (κ3) is 4.45. The van der Waals surface area contributed by atoms with Crippen molar-refractivity contribution in [2.75, 3.05) is 5.43 Å². The number of benzene rings is 3. The van der Waals surface area contributed by atoms with Crippen LogP contribution >= 0.6 is 0 Å². The van der Waals surface area contributed by atoms with Crippen LogP contribution in [0.5, 0.6) is 0 Å². The van der Waals surface area contributed by atoms with Gasteiger partial charge < -0.3 is 5.43 Å². The van der Waals surface area contributed by atoms with Gasteiger partial charge in [-0.3, -0.25) is 4.79 Å². The number of hydrazine groups is 1. The summed E-state index contributed by atoms with van der Waals surface area (Å²) in [7, 11) is 0. The summed E-state index contributed by atoms with van der Waals surface area (Å²) in [5.41, 5.74) is 2.01.